The molecule has 0 fully saturated rings. The van der Waals surface area contributed by atoms with Crippen LogP contribution in [0.3, 0.4) is 0 Å². The van der Waals surface area contributed by atoms with E-state index in [-0.39, 0.29) is 16.2 Å². The fourth-order valence-electron chi connectivity index (χ4n) is 13.2. The fraction of sp³-hybridized carbons (Fsp3) is 0.153. The van der Waals surface area contributed by atoms with Crippen molar-refractivity contribution in [2.45, 2.75) is 71.1 Å². The van der Waals surface area contributed by atoms with E-state index in [9.17, 15) is 0 Å². The van der Waals surface area contributed by atoms with Gasteiger partial charge in [0.2, 0.25) is 5.95 Å². The molecular formula is C72H59N5. The predicted molar refractivity (Wildman–Crippen MR) is 319 cm³/mol. The molecule has 2 aromatic heterocycles. The molecule has 9 aromatic carbocycles. The van der Waals surface area contributed by atoms with Crippen molar-refractivity contribution in [1.29, 1.82) is 0 Å². The maximum absolute atomic E-state index is 5.31. The summed E-state index contributed by atoms with van der Waals surface area (Å²) < 4.78 is 2.27. The van der Waals surface area contributed by atoms with E-state index in [0.29, 0.717) is 17.6 Å². The first-order valence-corrected chi connectivity index (χ1v) is 27.1. The minimum Gasteiger partial charge on any atom is -0.310 e. The summed E-state index contributed by atoms with van der Waals surface area (Å²) in [7, 11) is 0. The van der Waals surface area contributed by atoms with Crippen molar-refractivity contribution in [3.05, 3.63) is 263 Å². The molecule has 3 aliphatic carbocycles. The minimum atomic E-state index is -0.184. The molecule has 0 aliphatic heterocycles. The number of hydrogen-bond acceptors (Lipinski definition) is 4. The van der Waals surface area contributed by atoms with Crippen LogP contribution in [0.4, 0.5) is 17.1 Å². The van der Waals surface area contributed by atoms with E-state index in [0.717, 1.165) is 45.8 Å². The molecule has 0 bridgehead atoms. The number of benzene rings is 9. The lowest BCUT2D eigenvalue weighted by atomic mass is 9.82. The average molecular weight is 994 g/mol. The Morgan fingerprint density at radius 3 is 1.35 bits per heavy atom. The van der Waals surface area contributed by atoms with Crippen molar-refractivity contribution in [2.75, 3.05) is 4.90 Å². The Morgan fingerprint density at radius 2 is 0.844 bits per heavy atom. The second kappa shape index (κ2) is 17.3. The average Bonchev–Trinajstić information content (AvgIpc) is 4.12. The van der Waals surface area contributed by atoms with Gasteiger partial charge in [-0.3, -0.25) is 4.57 Å². The van der Waals surface area contributed by atoms with Crippen molar-refractivity contribution in [3.63, 3.8) is 0 Å². The topological polar surface area (TPSA) is 46.8 Å². The van der Waals surface area contributed by atoms with Gasteiger partial charge in [0.15, 0.2) is 11.6 Å². The zero-order valence-corrected chi connectivity index (χ0v) is 44.7. The van der Waals surface area contributed by atoms with Gasteiger partial charge in [-0.1, -0.05) is 205 Å². The third-order valence-corrected chi connectivity index (χ3v) is 17.3. The van der Waals surface area contributed by atoms with Gasteiger partial charge in [0.25, 0.3) is 0 Å². The molecule has 5 heteroatoms. The van der Waals surface area contributed by atoms with Crippen LogP contribution in [0, 0.1) is 6.92 Å². The second-order valence-corrected chi connectivity index (χ2v) is 22.9. The minimum absolute atomic E-state index is 0.0784. The van der Waals surface area contributed by atoms with Crippen molar-refractivity contribution in [1.82, 2.24) is 19.5 Å². The number of fused-ring (bicyclic) bond motifs is 10. The number of rotatable bonds is 9. The Bertz CT molecular complexity index is 4050. The van der Waals surface area contributed by atoms with Gasteiger partial charge in [-0.15, -0.1) is 0 Å². The lowest BCUT2D eigenvalue weighted by Gasteiger charge is -2.28. The molecule has 0 atom stereocenters. The first kappa shape index (κ1) is 46.6. The fourth-order valence-corrected chi connectivity index (χ4v) is 13.2. The highest BCUT2D eigenvalue weighted by atomic mass is 15.2. The molecule has 0 spiro atoms. The molecule has 11 aromatic rings. The molecular weight excluding hydrogens is 935 g/mol. The zero-order valence-electron chi connectivity index (χ0n) is 44.7. The summed E-state index contributed by atoms with van der Waals surface area (Å²) in [6.45, 7) is 16.3. The van der Waals surface area contributed by atoms with E-state index in [1.54, 1.807) is 0 Å². The summed E-state index contributed by atoms with van der Waals surface area (Å²) in [4.78, 5) is 18.2. The molecule has 0 saturated carbocycles. The first-order chi connectivity index (χ1) is 37.4. The van der Waals surface area contributed by atoms with Gasteiger partial charge in [-0.05, 0) is 146 Å². The van der Waals surface area contributed by atoms with Gasteiger partial charge in [0, 0.05) is 49.8 Å². The highest BCUT2D eigenvalue weighted by molar-refractivity contribution is 5.97. The maximum Gasteiger partial charge on any atom is 0.238 e. The summed E-state index contributed by atoms with van der Waals surface area (Å²) in [5.41, 5.74) is 25.4. The van der Waals surface area contributed by atoms with Gasteiger partial charge >= 0.3 is 0 Å². The summed E-state index contributed by atoms with van der Waals surface area (Å²) in [6.07, 6.45) is 5.31. The Balaban J connectivity index is 0.875. The largest absolute Gasteiger partial charge is 0.310 e. The monoisotopic (exact) mass is 993 g/mol. The van der Waals surface area contributed by atoms with Crippen LogP contribution in [0.25, 0.3) is 79.1 Å². The summed E-state index contributed by atoms with van der Waals surface area (Å²) >= 11 is 0. The van der Waals surface area contributed by atoms with Crippen molar-refractivity contribution in [2.24, 2.45) is 0 Å². The quantitative estimate of drug-likeness (QED) is 0.145. The number of aryl methyl sites for hydroxylation is 1. The van der Waals surface area contributed by atoms with Crippen molar-refractivity contribution in [3.8, 4) is 62.1 Å². The number of allylic oxidation sites excluding steroid dienone is 1. The highest BCUT2D eigenvalue weighted by Crippen LogP contribution is 2.54. The maximum atomic E-state index is 5.31. The van der Waals surface area contributed by atoms with Crippen LogP contribution in [0.5, 0.6) is 0 Å². The SMILES string of the molecule is Cc1c(/C=C\Cc2ccc(N(c3ccc4c(c3)-c3ccccc3C4(C)C)c3ccc4c(c3)-c3ccccc3C4(C)C)cc2)n(-c2nc(-c3ccccc3)nc(-c3ccccc3)n2)c2cc3c(cc12)-c1ccccc1C3(C)C. The number of hydrogen-bond donors (Lipinski definition) is 0. The van der Waals surface area contributed by atoms with Gasteiger partial charge < -0.3 is 4.90 Å². The van der Waals surface area contributed by atoms with E-state index >= 15 is 0 Å². The third-order valence-electron chi connectivity index (χ3n) is 17.3. The number of nitrogens with zero attached hydrogens (tertiary/aromatic N) is 5. The highest BCUT2D eigenvalue weighted by Gasteiger charge is 2.39. The summed E-state index contributed by atoms with van der Waals surface area (Å²) in [6, 6.07) is 75.4. The molecule has 77 heavy (non-hydrogen) atoms. The third kappa shape index (κ3) is 7.24. The Hall–Kier alpha value is -8.93. The van der Waals surface area contributed by atoms with Crippen LogP contribution < -0.4 is 4.90 Å². The Labute approximate surface area is 452 Å². The molecule has 0 saturated heterocycles. The lowest BCUT2D eigenvalue weighted by molar-refractivity contribution is 0.660. The smallest absolute Gasteiger partial charge is 0.238 e. The number of anilines is 3. The molecule has 0 N–H and O–H groups in total. The molecule has 0 unspecified atom stereocenters. The lowest BCUT2D eigenvalue weighted by Crippen LogP contribution is -2.16. The molecule has 14 rings (SSSR count). The van der Waals surface area contributed by atoms with Gasteiger partial charge in [0.05, 0.1) is 11.2 Å². The van der Waals surface area contributed by atoms with Crippen molar-refractivity contribution < 1.29 is 0 Å². The molecule has 372 valence electrons. The zero-order chi connectivity index (χ0) is 52.4. The molecule has 0 radical (unpaired) electrons. The van der Waals surface area contributed by atoms with Crippen LogP contribution in [0.1, 0.15) is 91.7 Å². The van der Waals surface area contributed by atoms with Gasteiger partial charge in [-0.2, -0.15) is 9.97 Å². The Kier molecular flexibility index (Phi) is 10.5. The predicted octanol–water partition coefficient (Wildman–Crippen LogP) is 18.1. The van der Waals surface area contributed by atoms with E-state index < -0.39 is 0 Å². The van der Waals surface area contributed by atoms with Gasteiger partial charge in [0.1, 0.15) is 0 Å². The van der Waals surface area contributed by atoms with Crippen LogP contribution in [-0.2, 0) is 22.7 Å². The van der Waals surface area contributed by atoms with E-state index in [1.807, 2.05) is 36.4 Å². The van der Waals surface area contributed by atoms with E-state index in [2.05, 4.69) is 240 Å². The van der Waals surface area contributed by atoms with Crippen molar-refractivity contribution >= 4 is 34.0 Å². The van der Waals surface area contributed by atoms with Crippen LogP contribution >= 0.6 is 0 Å². The summed E-state index contributed by atoms with van der Waals surface area (Å²) in [5, 5.41) is 1.18. The standard InChI is InChI=1S/C72H59N5/c1-45-55-43-58-54-28-16-19-31-61(54)72(6,7)64(58)44-66(55)77(69-74-67(47-22-10-8-11-23-47)73-68(75-69)48-24-12-9-13-25-48)65(45)32-20-21-46-33-35-49(36-34-46)76(50-37-39-62-56(41-50)52-26-14-17-29-59(52)70(62,2)3)51-38-40-63-57(42-51)53-27-15-18-30-60(53)71(63,4)5/h8-20,22-44H,21H2,1-7H3/b32-20-. The molecule has 0 amide bonds. The van der Waals surface area contributed by atoms with Crippen LogP contribution in [-0.4, -0.2) is 19.5 Å². The molecule has 2 heterocycles. The molecule has 3 aliphatic rings. The normalized spacial score (nSPS) is 14.7. The van der Waals surface area contributed by atoms with Crippen LogP contribution in [0.2, 0.25) is 0 Å². The first-order valence-electron chi connectivity index (χ1n) is 27.1. The summed E-state index contributed by atoms with van der Waals surface area (Å²) in [5.74, 6) is 1.85. The van der Waals surface area contributed by atoms with E-state index in [4.69, 9.17) is 15.0 Å². The van der Waals surface area contributed by atoms with Gasteiger partial charge in [-0.25, -0.2) is 4.98 Å². The number of aromatic nitrogens is 4. The van der Waals surface area contributed by atoms with Crippen LogP contribution in [0.15, 0.2) is 212 Å². The van der Waals surface area contributed by atoms with E-state index in [1.165, 1.54) is 83.3 Å². The second-order valence-electron chi connectivity index (χ2n) is 22.9. The molecule has 5 nitrogen and oxygen atoms in total. The Morgan fingerprint density at radius 1 is 0.416 bits per heavy atom.